The van der Waals surface area contributed by atoms with Crippen LogP contribution in [0, 0.1) is 6.92 Å². The zero-order chi connectivity index (χ0) is 14.4. The number of rotatable bonds is 5. The number of anilines is 1. The lowest BCUT2D eigenvalue weighted by atomic mass is 10.1. The van der Waals surface area contributed by atoms with E-state index < -0.39 is 0 Å². The minimum atomic E-state index is -0.0967. The number of aromatic nitrogens is 2. The molecule has 0 aliphatic heterocycles. The van der Waals surface area contributed by atoms with Gasteiger partial charge in [-0.15, -0.1) is 0 Å². The van der Waals surface area contributed by atoms with E-state index in [1.165, 1.54) is 12.5 Å². The van der Waals surface area contributed by atoms with Crippen LogP contribution >= 0.6 is 11.6 Å². The Morgan fingerprint density at radius 1 is 1.25 bits per heavy atom. The van der Waals surface area contributed by atoms with Gasteiger partial charge < -0.3 is 10.6 Å². The average Bonchev–Trinajstić information content (AvgIpc) is 2.46. The van der Waals surface area contributed by atoms with Crippen molar-refractivity contribution < 1.29 is 4.79 Å². The lowest BCUT2D eigenvalue weighted by Crippen LogP contribution is -2.28. The number of hydrogen-bond donors (Lipinski definition) is 2. The summed E-state index contributed by atoms with van der Waals surface area (Å²) < 4.78 is 0. The van der Waals surface area contributed by atoms with E-state index in [1.807, 2.05) is 19.1 Å². The van der Waals surface area contributed by atoms with Crippen LogP contribution in [0.5, 0.6) is 0 Å². The molecule has 0 fully saturated rings. The van der Waals surface area contributed by atoms with E-state index >= 15 is 0 Å². The number of carbonyl (C=O) groups excluding carboxylic acids is 1. The van der Waals surface area contributed by atoms with Gasteiger partial charge in [0.2, 0.25) is 0 Å². The summed E-state index contributed by atoms with van der Waals surface area (Å²) in [4.78, 5) is 19.6. The van der Waals surface area contributed by atoms with Gasteiger partial charge in [-0.05, 0) is 19.1 Å². The van der Waals surface area contributed by atoms with Crippen molar-refractivity contribution in [2.24, 2.45) is 0 Å². The number of carbonyl (C=O) groups is 1. The first-order valence-electron chi connectivity index (χ1n) is 6.21. The number of nitrogens with one attached hydrogen (secondary N) is 2. The molecule has 0 spiro atoms. The molecule has 0 atom stereocenters. The smallest absolute Gasteiger partial charge is 0.251 e. The molecule has 0 bridgehead atoms. The van der Waals surface area contributed by atoms with E-state index in [2.05, 4.69) is 20.6 Å². The topological polar surface area (TPSA) is 66.9 Å². The molecule has 1 aromatic heterocycles. The van der Waals surface area contributed by atoms with Gasteiger partial charge in [-0.2, -0.15) is 0 Å². The van der Waals surface area contributed by atoms with Crippen LogP contribution in [0.3, 0.4) is 0 Å². The Morgan fingerprint density at radius 2 is 2.00 bits per heavy atom. The molecule has 0 saturated heterocycles. The first-order chi connectivity index (χ1) is 9.66. The molecule has 5 nitrogen and oxygen atoms in total. The molecule has 2 N–H and O–H groups in total. The van der Waals surface area contributed by atoms with Crippen LogP contribution in [0.4, 0.5) is 5.82 Å². The fourth-order valence-corrected chi connectivity index (χ4v) is 1.78. The van der Waals surface area contributed by atoms with Gasteiger partial charge in [-0.1, -0.05) is 29.3 Å². The first kappa shape index (κ1) is 14.3. The predicted octanol–water partition coefficient (Wildman–Crippen LogP) is 2.28. The predicted molar refractivity (Wildman–Crippen MR) is 79.0 cm³/mol. The van der Waals surface area contributed by atoms with Gasteiger partial charge in [0.05, 0.1) is 6.20 Å². The van der Waals surface area contributed by atoms with Crippen molar-refractivity contribution in [2.75, 3.05) is 18.4 Å². The van der Waals surface area contributed by atoms with Crippen molar-refractivity contribution in [3.63, 3.8) is 0 Å². The molecule has 1 aromatic carbocycles. The maximum absolute atomic E-state index is 11.8. The van der Waals surface area contributed by atoms with Gasteiger partial charge in [0.15, 0.2) is 0 Å². The van der Waals surface area contributed by atoms with Gasteiger partial charge in [0.1, 0.15) is 17.2 Å². The van der Waals surface area contributed by atoms with Crippen molar-refractivity contribution in [3.05, 3.63) is 52.9 Å². The molecule has 0 radical (unpaired) electrons. The molecular weight excluding hydrogens is 276 g/mol. The third-order valence-corrected chi connectivity index (χ3v) is 2.96. The molecule has 0 aliphatic rings. The molecule has 1 amide bonds. The summed E-state index contributed by atoms with van der Waals surface area (Å²) in [5, 5.41) is 6.31. The minimum absolute atomic E-state index is 0.0967. The highest BCUT2D eigenvalue weighted by Crippen LogP contribution is 2.15. The van der Waals surface area contributed by atoms with Crippen molar-refractivity contribution in [1.29, 1.82) is 0 Å². The molecule has 2 rings (SSSR count). The number of benzene rings is 1. The number of aryl methyl sites for hydroxylation is 1. The van der Waals surface area contributed by atoms with Crippen molar-refractivity contribution >= 4 is 23.3 Å². The van der Waals surface area contributed by atoms with E-state index in [4.69, 9.17) is 11.6 Å². The Labute approximate surface area is 122 Å². The fourth-order valence-electron chi connectivity index (χ4n) is 1.61. The molecule has 0 unspecified atom stereocenters. The van der Waals surface area contributed by atoms with Crippen molar-refractivity contribution in [3.8, 4) is 0 Å². The van der Waals surface area contributed by atoms with Crippen LogP contribution in [-0.2, 0) is 0 Å². The van der Waals surface area contributed by atoms with Crippen LogP contribution in [0.1, 0.15) is 15.9 Å². The van der Waals surface area contributed by atoms with Crippen molar-refractivity contribution in [1.82, 2.24) is 15.3 Å². The maximum Gasteiger partial charge on any atom is 0.251 e. The standard InChI is InChI=1S/C14H15ClN4O/c1-10-2-4-11(5-3-10)14(20)18-7-6-17-13-12(15)8-16-9-19-13/h2-5,8-9H,6-7H2,1H3,(H,18,20)(H,16,17,19). The number of halogens is 1. The number of hydrogen-bond acceptors (Lipinski definition) is 4. The lowest BCUT2D eigenvalue weighted by Gasteiger charge is -2.08. The molecule has 0 saturated carbocycles. The highest BCUT2D eigenvalue weighted by Gasteiger charge is 2.04. The van der Waals surface area contributed by atoms with Crippen LogP contribution in [0.25, 0.3) is 0 Å². The third-order valence-electron chi connectivity index (χ3n) is 2.68. The largest absolute Gasteiger partial charge is 0.367 e. The summed E-state index contributed by atoms with van der Waals surface area (Å²) >= 11 is 5.90. The molecule has 20 heavy (non-hydrogen) atoms. The van der Waals surface area contributed by atoms with E-state index in [0.29, 0.717) is 29.5 Å². The zero-order valence-corrected chi connectivity index (χ0v) is 11.8. The normalized spacial score (nSPS) is 10.1. The molecular formula is C14H15ClN4O. The Bertz CT molecular complexity index is 586. The van der Waals surface area contributed by atoms with Crippen LogP contribution in [0.2, 0.25) is 5.02 Å². The van der Waals surface area contributed by atoms with Gasteiger partial charge in [0.25, 0.3) is 5.91 Å². The fraction of sp³-hybridized carbons (Fsp3) is 0.214. The van der Waals surface area contributed by atoms with Crippen LogP contribution in [0.15, 0.2) is 36.8 Å². The van der Waals surface area contributed by atoms with E-state index in [-0.39, 0.29) is 5.91 Å². The Balaban J connectivity index is 1.77. The minimum Gasteiger partial charge on any atom is -0.367 e. The highest BCUT2D eigenvalue weighted by atomic mass is 35.5. The van der Waals surface area contributed by atoms with E-state index in [1.54, 1.807) is 12.1 Å². The summed E-state index contributed by atoms with van der Waals surface area (Å²) in [6, 6.07) is 7.43. The summed E-state index contributed by atoms with van der Waals surface area (Å²) in [5.41, 5.74) is 1.78. The Morgan fingerprint density at radius 3 is 2.70 bits per heavy atom. The number of amides is 1. The average molecular weight is 291 g/mol. The van der Waals surface area contributed by atoms with Gasteiger partial charge in [-0.25, -0.2) is 9.97 Å². The van der Waals surface area contributed by atoms with E-state index in [0.717, 1.165) is 5.56 Å². The molecule has 104 valence electrons. The van der Waals surface area contributed by atoms with Gasteiger partial charge in [-0.3, -0.25) is 4.79 Å². The molecule has 1 heterocycles. The van der Waals surface area contributed by atoms with Gasteiger partial charge >= 0.3 is 0 Å². The summed E-state index contributed by atoms with van der Waals surface area (Å²) in [5.74, 6) is 0.465. The first-order valence-corrected chi connectivity index (χ1v) is 6.59. The monoisotopic (exact) mass is 290 g/mol. The van der Waals surface area contributed by atoms with Crippen molar-refractivity contribution in [2.45, 2.75) is 6.92 Å². The quantitative estimate of drug-likeness (QED) is 0.829. The number of nitrogens with zero attached hydrogens (tertiary/aromatic N) is 2. The summed E-state index contributed by atoms with van der Waals surface area (Å²) in [6.45, 7) is 3.00. The zero-order valence-electron chi connectivity index (χ0n) is 11.1. The van der Waals surface area contributed by atoms with E-state index in [9.17, 15) is 4.79 Å². The second-order valence-corrected chi connectivity index (χ2v) is 4.68. The molecule has 6 heteroatoms. The Kier molecular flexibility index (Phi) is 4.90. The second-order valence-electron chi connectivity index (χ2n) is 4.27. The summed E-state index contributed by atoms with van der Waals surface area (Å²) in [6.07, 6.45) is 2.93. The third kappa shape index (κ3) is 3.93. The second kappa shape index (κ2) is 6.86. The van der Waals surface area contributed by atoms with Gasteiger partial charge in [0, 0.05) is 18.7 Å². The molecule has 0 aliphatic carbocycles. The lowest BCUT2D eigenvalue weighted by molar-refractivity contribution is 0.0955. The molecule has 2 aromatic rings. The van der Waals surface area contributed by atoms with Crippen LogP contribution in [-0.4, -0.2) is 29.0 Å². The Hall–Kier alpha value is -2.14. The van der Waals surface area contributed by atoms with Crippen LogP contribution < -0.4 is 10.6 Å². The highest BCUT2D eigenvalue weighted by molar-refractivity contribution is 6.32. The summed E-state index contributed by atoms with van der Waals surface area (Å²) in [7, 11) is 0. The SMILES string of the molecule is Cc1ccc(C(=O)NCCNc2ncncc2Cl)cc1. The maximum atomic E-state index is 11.8.